The Morgan fingerprint density at radius 2 is 1.74 bits per heavy atom. The van der Waals surface area contributed by atoms with Gasteiger partial charge < -0.3 is 14.8 Å². The molecule has 0 bridgehead atoms. The van der Waals surface area contributed by atoms with Crippen molar-refractivity contribution in [3.63, 3.8) is 0 Å². The smallest absolute Gasteiger partial charge is 0.338 e. The molecule has 0 atom stereocenters. The predicted molar refractivity (Wildman–Crippen MR) is 125 cm³/mol. The number of halogens is 1. The number of amides is 1. The van der Waals surface area contributed by atoms with E-state index in [9.17, 15) is 22.4 Å². The van der Waals surface area contributed by atoms with E-state index in [1.165, 1.54) is 50.6 Å². The molecule has 0 aliphatic carbocycles. The molecule has 1 amide bonds. The van der Waals surface area contributed by atoms with Crippen LogP contribution in [0.5, 0.6) is 5.75 Å². The summed E-state index contributed by atoms with van der Waals surface area (Å²) < 4.78 is 50.8. The minimum Gasteiger partial charge on any atom is -0.497 e. The quantitative estimate of drug-likeness (QED) is 0.487. The molecule has 178 valence electrons. The zero-order valence-corrected chi connectivity index (χ0v) is 19.6. The van der Waals surface area contributed by atoms with Crippen molar-refractivity contribution < 1.29 is 31.9 Å². The highest BCUT2D eigenvalue weighted by Crippen LogP contribution is 2.25. The van der Waals surface area contributed by atoms with Crippen molar-refractivity contribution in [2.45, 2.75) is 11.8 Å². The Bertz CT molecular complexity index is 1310. The van der Waals surface area contributed by atoms with Gasteiger partial charge in [0, 0.05) is 12.7 Å². The molecule has 1 N–H and O–H groups in total. The topological polar surface area (TPSA) is 102 Å². The van der Waals surface area contributed by atoms with Gasteiger partial charge in [-0.3, -0.25) is 9.10 Å². The van der Waals surface area contributed by atoms with Crippen molar-refractivity contribution in [3.05, 3.63) is 83.7 Å². The molecule has 3 aromatic carbocycles. The number of nitrogens with zero attached hydrogens (tertiary/aromatic N) is 1. The number of carbonyl (C=O) groups is 2. The molecular weight excluding hydrogens is 463 g/mol. The minimum absolute atomic E-state index is 0.0432. The standard InChI is InChI=1S/C24H23FN2O6S/c1-16-7-8-18(14-22(16)25)26-23(28)15-33-24(29)17-5-4-6-21(13-17)34(30,31)27(2)19-9-11-20(32-3)12-10-19/h4-14H,15H2,1-3H3,(H,26,28). The predicted octanol–water partition coefficient (Wildman–Crippen LogP) is 3.76. The van der Waals surface area contributed by atoms with E-state index in [2.05, 4.69) is 5.32 Å². The van der Waals surface area contributed by atoms with Gasteiger partial charge >= 0.3 is 5.97 Å². The maximum atomic E-state index is 13.6. The molecule has 3 aromatic rings. The van der Waals surface area contributed by atoms with Gasteiger partial charge in [-0.25, -0.2) is 17.6 Å². The molecule has 0 spiro atoms. The lowest BCUT2D eigenvalue weighted by atomic mass is 10.2. The summed E-state index contributed by atoms with van der Waals surface area (Å²) in [5, 5.41) is 2.43. The van der Waals surface area contributed by atoms with Crippen LogP contribution < -0.4 is 14.4 Å². The number of hydrogen-bond acceptors (Lipinski definition) is 6. The van der Waals surface area contributed by atoms with Crippen LogP contribution in [-0.2, 0) is 19.6 Å². The average Bonchev–Trinajstić information content (AvgIpc) is 2.84. The third kappa shape index (κ3) is 5.70. The molecule has 8 nitrogen and oxygen atoms in total. The molecule has 34 heavy (non-hydrogen) atoms. The number of hydrogen-bond donors (Lipinski definition) is 1. The lowest BCUT2D eigenvalue weighted by Crippen LogP contribution is -2.27. The maximum absolute atomic E-state index is 13.6. The largest absolute Gasteiger partial charge is 0.497 e. The van der Waals surface area contributed by atoms with E-state index in [0.717, 1.165) is 10.4 Å². The molecule has 0 aliphatic heterocycles. The fraction of sp³-hybridized carbons (Fsp3) is 0.167. The van der Waals surface area contributed by atoms with Crippen LogP contribution in [0, 0.1) is 12.7 Å². The van der Waals surface area contributed by atoms with Crippen molar-refractivity contribution >= 4 is 33.3 Å². The normalized spacial score (nSPS) is 10.9. The number of ether oxygens (including phenoxy) is 2. The number of sulfonamides is 1. The van der Waals surface area contributed by atoms with Gasteiger partial charge in [0.1, 0.15) is 11.6 Å². The van der Waals surface area contributed by atoms with Crippen LogP contribution in [-0.4, -0.2) is 41.1 Å². The summed E-state index contributed by atoms with van der Waals surface area (Å²) in [6.45, 7) is 0.961. The third-order valence-electron chi connectivity index (χ3n) is 4.95. The second kappa shape index (κ2) is 10.3. The molecule has 0 unspecified atom stereocenters. The Morgan fingerprint density at radius 1 is 1.03 bits per heavy atom. The van der Waals surface area contributed by atoms with Gasteiger partial charge in [0.2, 0.25) is 0 Å². The number of aryl methyl sites for hydroxylation is 1. The Labute approximate surface area is 197 Å². The summed E-state index contributed by atoms with van der Waals surface area (Å²) in [7, 11) is -1.08. The van der Waals surface area contributed by atoms with Crippen LogP contribution in [0.1, 0.15) is 15.9 Å². The molecule has 0 saturated carbocycles. The van der Waals surface area contributed by atoms with Crippen LogP contribution >= 0.6 is 0 Å². The molecule has 0 radical (unpaired) electrons. The van der Waals surface area contributed by atoms with Crippen LogP contribution in [0.15, 0.2) is 71.6 Å². The van der Waals surface area contributed by atoms with Gasteiger partial charge in [0.05, 0.1) is 23.3 Å². The Morgan fingerprint density at radius 3 is 2.38 bits per heavy atom. The second-order valence-electron chi connectivity index (χ2n) is 7.29. The monoisotopic (exact) mass is 486 g/mol. The van der Waals surface area contributed by atoms with Crippen molar-refractivity contribution in [1.82, 2.24) is 0 Å². The maximum Gasteiger partial charge on any atom is 0.338 e. The number of benzene rings is 3. The number of anilines is 2. The van der Waals surface area contributed by atoms with Gasteiger partial charge in [-0.05, 0) is 67.1 Å². The van der Waals surface area contributed by atoms with E-state index in [-0.39, 0.29) is 16.1 Å². The van der Waals surface area contributed by atoms with Crippen LogP contribution in [0.2, 0.25) is 0 Å². The summed E-state index contributed by atoms with van der Waals surface area (Å²) in [5.74, 6) is -1.45. The number of methoxy groups -OCH3 is 1. The summed E-state index contributed by atoms with van der Waals surface area (Å²) in [6, 6.07) is 15.9. The fourth-order valence-electron chi connectivity index (χ4n) is 2.95. The molecule has 10 heteroatoms. The molecule has 0 heterocycles. The number of esters is 1. The Kier molecular flexibility index (Phi) is 7.52. The van der Waals surface area contributed by atoms with Gasteiger partial charge in [-0.15, -0.1) is 0 Å². The highest BCUT2D eigenvalue weighted by molar-refractivity contribution is 7.92. The third-order valence-corrected chi connectivity index (χ3v) is 6.74. The molecule has 0 fully saturated rings. The van der Waals surface area contributed by atoms with Crippen molar-refractivity contribution in [2.24, 2.45) is 0 Å². The first-order valence-corrected chi connectivity index (χ1v) is 11.5. The van der Waals surface area contributed by atoms with E-state index in [0.29, 0.717) is 17.0 Å². The second-order valence-corrected chi connectivity index (χ2v) is 9.26. The van der Waals surface area contributed by atoms with E-state index in [1.807, 2.05) is 0 Å². The zero-order chi connectivity index (χ0) is 24.9. The average molecular weight is 487 g/mol. The van der Waals surface area contributed by atoms with Crippen LogP contribution in [0.3, 0.4) is 0 Å². The summed E-state index contributed by atoms with van der Waals surface area (Å²) in [4.78, 5) is 24.3. The van der Waals surface area contributed by atoms with Crippen LogP contribution in [0.4, 0.5) is 15.8 Å². The fourth-order valence-corrected chi connectivity index (χ4v) is 4.20. The van der Waals surface area contributed by atoms with E-state index in [4.69, 9.17) is 9.47 Å². The van der Waals surface area contributed by atoms with Gasteiger partial charge in [-0.2, -0.15) is 0 Å². The van der Waals surface area contributed by atoms with E-state index >= 15 is 0 Å². The zero-order valence-electron chi connectivity index (χ0n) is 18.7. The molecular formula is C24H23FN2O6S. The highest BCUT2D eigenvalue weighted by atomic mass is 32.2. The Hall–Kier alpha value is -3.92. The first-order valence-electron chi connectivity index (χ1n) is 10.1. The summed E-state index contributed by atoms with van der Waals surface area (Å²) >= 11 is 0. The minimum atomic E-state index is -3.98. The number of rotatable bonds is 8. The van der Waals surface area contributed by atoms with E-state index < -0.39 is 34.3 Å². The van der Waals surface area contributed by atoms with Gasteiger partial charge in [0.15, 0.2) is 6.61 Å². The van der Waals surface area contributed by atoms with E-state index in [1.54, 1.807) is 31.2 Å². The molecule has 0 aliphatic rings. The summed E-state index contributed by atoms with van der Waals surface area (Å²) in [6.07, 6.45) is 0. The lowest BCUT2D eigenvalue weighted by molar-refractivity contribution is -0.119. The SMILES string of the molecule is COc1ccc(N(C)S(=O)(=O)c2cccc(C(=O)OCC(=O)Nc3ccc(C)c(F)c3)c2)cc1. The molecule has 0 saturated heterocycles. The summed E-state index contributed by atoms with van der Waals surface area (Å²) in [5.41, 5.74) is 1.01. The molecule has 3 rings (SSSR count). The van der Waals surface area contributed by atoms with Crippen molar-refractivity contribution in [3.8, 4) is 5.75 Å². The van der Waals surface area contributed by atoms with Gasteiger partial charge in [-0.1, -0.05) is 12.1 Å². The van der Waals surface area contributed by atoms with Gasteiger partial charge in [0.25, 0.3) is 15.9 Å². The first-order chi connectivity index (χ1) is 16.1. The number of carbonyl (C=O) groups excluding carboxylic acids is 2. The first kappa shape index (κ1) is 24.7. The molecule has 0 aromatic heterocycles. The van der Waals surface area contributed by atoms with Crippen LogP contribution in [0.25, 0.3) is 0 Å². The van der Waals surface area contributed by atoms with Crippen molar-refractivity contribution in [2.75, 3.05) is 30.4 Å². The van der Waals surface area contributed by atoms with Crippen molar-refractivity contribution in [1.29, 1.82) is 0 Å². The highest BCUT2D eigenvalue weighted by Gasteiger charge is 2.23. The lowest BCUT2D eigenvalue weighted by Gasteiger charge is -2.20. The Balaban J connectivity index is 1.67. The number of nitrogens with one attached hydrogen (secondary N) is 1.